The predicted molar refractivity (Wildman–Crippen MR) is 101 cm³/mol. The molecule has 7 nitrogen and oxygen atoms in total. The molecule has 1 aromatic carbocycles. The van der Waals surface area contributed by atoms with Crippen LogP contribution in [-0.4, -0.2) is 23.0 Å². The molecule has 0 saturated heterocycles. The van der Waals surface area contributed by atoms with Gasteiger partial charge in [0, 0.05) is 31.2 Å². The number of nitrogens with two attached hydrogens (primary N) is 1. The maximum atomic E-state index is 12.0. The van der Waals surface area contributed by atoms with Crippen molar-refractivity contribution in [2.45, 2.75) is 33.0 Å². The number of aromatic nitrogens is 1. The maximum Gasteiger partial charge on any atom is 0.319 e. The molecule has 2 rings (SSSR count). The summed E-state index contributed by atoms with van der Waals surface area (Å²) in [7, 11) is 0. The Hall–Kier alpha value is -2.93. The van der Waals surface area contributed by atoms with Crippen LogP contribution < -0.4 is 21.7 Å². The van der Waals surface area contributed by atoms with Gasteiger partial charge in [0.25, 0.3) is 0 Å². The van der Waals surface area contributed by atoms with Gasteiger partial charge in [0.15, 0.2) is 0 Å². The molecule has 1 aromatic heterocycles. The molecule has 0 aliphatic heterocycles. The molecule has 0 spiro atoms. The maximum absolute atomic E-state index is 12.0. The number of nitrogens with zero attached hydrogens (tertiary/aromatic N) is 1. The molecule has 0 unspecified atom stereocenters. The number of nitrogens with one attached hydrogen (secondary N) is 3. The monoisotopic (exact) mass is 355 g/mol. The summed E-state index contributed by atoms with van der Waals surface area (Å²) in [6.07, 6.45) is 3.36. The van der Waals surface area contributed by atoms with Gasteiger partial charge in [-0.15, -0.1) is 0 Å². The van der Waals surface area contributed by atoms with E-state index in [4.69, 9.17) is 5.73 Å². The first-order valence-electron chi connectivity index (χ1n) is 8.51. The van der Waals surface area contributed by atoms with Crippen molar-refractivity contribution in [2.24, 2.45) is 11.7 Å². The quantitative estimate of drug-likeness (QED) is 0.609. The first-order chi connectivity index (χ1) is 12.5. The van der Waals surface area contributed by atoms with Gasteiger partial charge in [0.1, 0.15) is 0 Å². The molecule has 0 aliphatic carbocycles. The number of anilines is 1. The largest absolute Gasteiger partial charge is 0.351 e. The molecule has 0 bridgehead atoms. The molecule has 3 amide bonds. The lowest BCUT2D eigenvalue weighted by molar-refractivity contribution is -0.123. The zero-order valence-electron chi connectivity index (χ0n) is 15.0. The second kappa shape index (κ2) is 9.53. The van der Waals surface area contributed by atoms with Crippen LogP contribution in [-0.2, 0) is 17.9 Å². The van der Waals surface area contributed by atoms with Crippen LogP contribution in [0.1, 0.15) is 25.0 Å². The summed E-state index contributed by atoms with van der Waals surface area (Å²) < 4.78 is 0. The van der Waals surface area contributed by atoms with E-state index in [0.717, 1.165) is 11.1 Å². The summed E-state index contributed by atoms with van der Waals surface area (Å²) in [5.41, 5.74) is 8.31. The smallest absolute Gasteiger partial charge is 0.319 e. The highest BCUT2D eigenvalue weighted by molar-refractivity contribution is 5.89. The van der Waals surface area contributed by atoms with Crippen molar-refractivity contribution in [2.75, 3.05) is 5.32 Å². The van der Waals surface area contributed by atoms with Crippen molar-refractivity contribution in [3.63, 3.8) is 0 Å². The fourth-order valence-electron chi connectivity index (χ4n) is 2.23. The number of amides is 3. The molecule has 5 N–H and O–H groups in total. The minimum Gasteiger partial charge on any atom is -0.351 e. The van der Waals surface area contributed by atoms with Crippen molar-refractivity contribution in [3.05, 3.63) is 59.9 Å². The third kappa shape index (κ3) is 6.18. The normalized spacial score (nSPS) is 11.7. The van der Waals surface area contributed by atoms with Crippen molar-refractivity contribution >= 4 is 17.6 Å². The average molecular weight is 355 g/mol. The van der Waals surface area contributed by atoms with Gasteiger partial charge >= 0.3 is 6.03 Å². The first kappa shape index (κ1) is 19.4. The van der Waals surface area contributed by atoms with Crippen LogP contribution in [0.5, 0.6) is 0 Å². The van der Waals surface area contributed by atoms with E-state index in [0.29, 0.717) is 18.8 Å². The zero-order valence-corrected chi connectivity index (χ0v) is 15.0. The van der Waals surface area contributed by atoms with Gasteiger partial charge in [-0.2, -0.15) is 0 Å². The third-order valence-corrected chi connectivity index (χ3v) is 3.88. The highest BCUT2D eigenvalue weighted by Crippen LogP contribution is 2.11. The van der Waals surface area contributed by atoms with Gasteiger partial charge in [-0.1, -0.05) is 26.0 Å². The topological polar surface area (TPSA) is 109 Å². The SMILES string of the molecule is CC(C)[C@H](N)C(=O)NCc1cccc(NC(=O)NCc2ccncc2)c1. The average Bonchev–Trinajstić information content (AvgIpc) is 2.65. The summed E-state index contributed by atoms with van der Waals surface area (Å²) in [6, 6.07) is 10.1. The highest BCUT2D eigenvalue weighted by Gasteiger charge is 2.16. The molecule has 7 heteroatoms. The van der Waals surface area contributed by atoms with Crippen molar-refractivity contribution in [1.82, 2.24) is 15.6 Å². The van der Waals surface area contributed by atoms with Crippen molar-refractivity contribution in [1.29, 1.82) is 0 Å². The zero-order chi connectivity index (χ0) is 18.9. The Morgan fingerprint density at radius 1 is 1.04 bits per heavy atom. The molecule has 138 valence electrons. The van der Waals surface area contributed by atoms with Crippen molar-refractivity contribution in [3.8, 4) is 0 Å². The number of carbonyl (C=O) groups is 2. The molecule has 0 aliphatic rings. The molecule has 0 fully saturated rings. The lowest BCUT2D eigenvalue weighted by Gasteiger charge is -2.15. The summed E-state index contributed by atoms with van der Waals surface area (Å²) in [6.45, 7) is 4.57. The summed E-state index contributed by atoms with van der Waals surface area (Å²) >= 11 is 0. The lowest BCUT2D eigenvalue weighted by atomic mass is 10.0. The predicted octanol–water partition coefficient (Wildman–Crippen LogP) is 2.00. The van der Waals surface area contributed by atoms with Crippen LogP contribution in [0, 0.1) is 5.92 Å². The second-order valence-electron chi connectivity index (χ2n) is 6.35. The molecule has 0 radical (unpaired) electrons. The minimum atomic E-state index is -0.532. The third-order valence-electron chi connectivity index (χ3n) is 3.88. The number of pyridine rings is 1. The molecular formula is C19H25N5O2. The van der Waals surface area contributed by atoms with Gasteiger partial charge in [0.05, 0.1) is 6.04 Å². The van der Waals surface area contributed by atoms with Crippen LogP contribution in [0.2, 0.25) is 0 Å². The highest BCUT2D eigenvalue weighted by atomic mass is 16.2. The molecule has 2 aromatic rings. The fourth-order valence-corrected chi connectivity index (χ4v) is 2.23. The van der Waals surface area contributed by atoms with E-state index >= 15 is 0 Å². The van der Waals surface area contributed by atoms with E-state index in [1.54, 1.807) is 18.5 Å². The Morgan fingerprint density at radius 2 is 1.73 bits per heavy atom. The van der Waals surface area contributed by atoms with E-state index in [1.165, 1.54) is 0 Å². The Bertz CT molecular complexity index is 734. The summed E-state index contributed by atoms with van der Waals surface area (Å²) in [5.74, 6) is -0.111. The van der Waals surface area contributed by atoms with Crippen LogP contribution in [0.3, 0.4) is 0 Å². The Morgan fingerprint density at radius 3 is 2.42 bits per heavy atom. The minimum absolute atomic E-state index is 0.0760. The Kier molecular flexibility index (Phi) is 7.11. The van der Waals surface area contributed by atoms with Gasteiger partial charge in [0.2, 0.25) is 5.91 Å². The number of benzene rings is 1. The first-order valence-corrected chi connectivity index (χ1v) is 8.51. The number of hydrogen-bond donors (Lipinski definition) is 4. The fraction of sp³-hybridized carbons (Fsp3) is 0.316. The van der Waals surface area contributed by atoms with E-state index in [9.17, 15) is 9.59 Å². The van der Waals surface area contributed by atoms with Crippen LogP contribution in [0.25, 0.3) is 0 Å². The molecule has 1 atom stereocenters. The van der Waals surface area contributed by atoms with E-state index in [-0.39, 0.29) is 17.9 Å². The van der Waals surface area contributed by atoms with Gasteiger partial charge in [-0.3, -0.25) is 9.78 Å². The van der Waals surface area contributed by atoms with E-state index < -0.39 is 6.04 Å². The van der Waals surface area contributed by atoms with E-state index in [2.05, 4.69) is 20.9 Å². The van der Waals surface area contributed by atoms with Crippen LogP contribution in [0.4, 0.5) is 10.5 Å². The molecule has 26 heavy (non-hydrogen) atoms. The standard InChI is InChI=1S/C19H25N5O2/c1-13(2)17(20)18(25)22-12-15-4-3-5-16(10-15)24-19(26)23-11-14-6-8-21-9-7-14/h3-10,13,17H,11-12,20H2,1-2H3,(H,22,25)(H2,23,24,26)/t17-/m0/s1. The van der Waals surface area contributed by atoms with Gasteiger partial charge in [-0.25, -0.2) is 4.79 Å². The van der Waals surface area contributed by atoms with Gasteiger partial charge in [-0.05, 0) is 41.3 Å². The van der Waals surface area contributed by atoms with Crippen LogP contribution >= 0.6 is 0 Å². The summed E-state index contributed by atoms with van der Waals surface area (Å²) in [5, 5.41) is 8.37. The van der Waals surface area contributed by atoms with Gasteiger partial charge < -0.3 is 21.7 Å². The number of urea groups is 1. The molecular weight excluding hydrogens is 330 g/mol. The van der Waals surface area contributed by atoms with E-state index in [1.807, 2.05) is 44.2 Å². The molecule has 1 heterocycles. The Labute approximate surface area is 153 Å². The second-order valence-corrected chi connectivity index (χ2v) is 6.35. The van der Waals surface area contributed by atoms with Crippen LogP contribution in [0.15, 0.2) is 48.8 Å². The summed E-state index contributed by atoms with van der Waals surface area (Å²) in [4.78, 5) is 27.9. The lowest BCUT2D eigenvalue weighted by Crippen LogP contribution is -2.43. The molecule has 0 saturated carbocycles. The Balaban J connectivity index is 1.84. The number of rotatable bonds is 7. The number of carbonyl (C=O) groups excluding carboxylic acids is 2. The van der Waals surface area contributed by atoms with Crippen molar-refractivity contribution < 1.29 is 9.59 Å². The number of hydrogen-bond acceptors (Lipinski definition) is 4.